The minimum Gasteiger partial charge on any atom is -0.480 e. The van der Waals surface area contributed by atoms with Gasteiger partial charge in [-0.1, -0.05) is 35.5 Å². The van der Waals surface area contributed by atoms with E-state index in [2.05, 4.69) is 15.8 Å². The van der Waals surface area contributed by atoms with Gasteiger partial charge < -0.3 is 36.5 Å². The Bertz CT molecular complexity index is 1150. The molecular formula is C26H37N7O7. The van der Waals surface area contributed by atoms with Crippen molar-refractivity contribution in [3.8, 4) is 0 Å². The summed E-state index contributed by atoms with van der Waals surface area (Å²) in [6, 6.07) is 7.10. The second-order valence-corrected chi connectivity index (χ2v) is 9.13. The molecule has 0 spiro atoms. The number of hydrogen-bond acceptors (Lipinski definition) is 10. The van der Waals surface area contributed by atoms with Gasteiger partial charge >= 0.3 is 12.0 Å². The number of ether oxygens (including phenoxy) is 1. The van der Waals surface area contributed by atoms with Crippen molar-refractivity contribution in [3.63, 3.8) is 0 Å². The molecule has 0 aliphatic heterocycles. The number of carboxylic acid groups (broad SMARTS) is 1. The lowest BCUT2D eigenvalue weighted by Crippen LogP contribution is -2.56. The highest BCUT2D eigenvalue weighted by Gasteiger charge is 2.31. The van der Waals surface area contributed by atoms with E-state index in [1.807, 2.05) is 30.3 Å². The fourth-order valence-electron chi connectivity index (χ4n) is 3.69. The molecule has 2 rings (SSSR count). The molecule has 3 atom stereocenters. The van der Waals surface area contributed by atoms with Crippen molar-refractivity contribution in [1.29, 1.82) is 0 Å². The molecule has 14 heteroatoms. The summed E-state index contributed by atoms with van der Waals surface area (Å²) in [7, 11) is 0. The van der Waals surface area contributed by atoms with Crippen LogP contribution in [0.15, 0.2) is 46.5 Å². The van der Waals surface area contributed by atoms with Crippen LogP contribution in [0, 0.1) is 6.92 Å². The molecular weight excluding hydrogens is 522 g/mol. The molecule has 3 amide bonds. The Morgan fingerprint density at radius 3 is 2.50 bits per heavy atom. The van der Waals surface area contributed by atoms with Crippen molar-refractivity contribution < 1.29 is 33.5 Å². The number of nitrogens with zero attached hydrogens (tertiary/aromatic N) is 2. The van der Waals surface area contributed by atoms with Crippen LogP contribution in [-0.4, -0.2) is 64.0 Å². The quantitative estimate of drug-likeness (QED) is 0.0390. The van der Waals surface area contributed by atoms with Crippen molar-refractivity contribution in [2.24, 2.45) is 17.3 Å². The maximum Gasteiger partial charge on any atom is 0.326 e. The topological polar surface area (TPSA) is 229 Å². The molecule has 0 aliphatic rings. The number of carbonyl (C=O) groups is 3. The number of aryl methyl sites for hydroxylation is 1. The molecule has 0 aliphatic carbocycles. The van der Waals surface area contributed by atoms with Crippen LogP contribution >= 0.6 is 0 Å². The largest absolute Gasteiger partial charge is 0.480 e. The number of rotatable bonds is 17. The van der Waals surface area contributed by atoms with Gasteiger partial charge in [0.25, 0.3) is 5.91 Å². The van der Waals surface area contributed by atoms with E-state index in [1.54, 1.807) is 18.9 Å². The van der Waals surface area contributed by atoms with Gasteiger partial charge in [-0.25, -0.2) is 20.2 Å². The van der Waals surface area contributed by atoms with Gasteiger partial charge in [-0.15, -0.1) is 0 Å². The first kappa shape index (κ1) is 32.1. The zero-order chi connectivity index (χ0) is 29.5. The number of aromatic nitrogens is 1. The Morgan fingerprint density at radius 1 is 1.18 bits per heavy atom. The Hall–Kier alpha value is -4.07. The SMILES string of the molecule is Cc1cc(CN(N)C(=O)C(NC(=O)NC(CCCCN)C(=O)O)C(=C=O)CCC(N)OCc2ccccc2)on1. The van der Waals surface area contributed by atoms with Gasteiger partial charge in [-0.2, -0.15) is 0 Å². The fourth-order valence-corrected chi connectivity index (χ4v) is 3.69. The molecule has 1 aromatic heterocycles. The predicted octanol–water partition coefficient (Wildman–Crippen LogP) is 0.475. The van der Waals surface area contributed by atoms with Crippen LogP contribution in [0.5, 0.6) is 0 Å². The van der Waals surface area contributed by atoms with E-state index in [1.165, 1.54) is 0 Å². The summed E-state index contributed by atoms with van der Waals surface area (Å²) in [4.78, 5) is 49.6. The van der Waals surface area contributed by atoms with E-state index in [0.717, 1.165) is 10.6 Å². The summed E-state index contributed by atoms with van der Waals surface area (Å²) in [5, 5.41) is 18.6. The van der Waals surface area contributed by atoms with E-state index < -0.39 is 36.2 Å². The third-order valence-electron chi connectivity index (χ3n) is 5.84. The van der Waals surface area contributed by atoms with Crippen LogP contribution in [0.1, 0.15) is 49.1 Å². The maximum absolute atomic E-state index is 13.3. The van der Waals surface area contributed by atoms with Crippen molar-refractivity contribution in [1.82, 2.24) is 20.8 Å². The average molecular weight is 560 g/mol. The molecule has 1 aromatic carbocycles. The number of carbonyl (C=O) groups excluding carboxylic acids is 3. The zero-order valence-electron chi connectivity index (χ0n) is 22.4. The molecule has 218 valence electrons. The van der Waals surface area contributed by atoms with E-state index in [9.17, 15) is 24.3 Å². The van der Waals surface area contributed by atoms with Gasteiger partial charge in [0.1, 0.15) is 24.3 Å². The van der Waals surface area contributed by atoms with Crippen molar-refractivity contribution in [3.05, 3.63) is 59.0 Å². The molecule has 0 saturated carbocycles. The molecule has 0 saturated heterocycles. The van der Waals surface area contributed by atoms with Crippen LogP contribution in [0.2, 0.25) is 0 Å². The lowest BCUT2D eigenvalue weighted by molar-refractivity contribution is -0.139. The predicted molar refractivity (Wildman–Crippen MR) is 143 cm³/mol. The molecule has 0 bridgehead atoms. The number of hydrazine groups is 1. The Labute approximate surface area is 231 Å². The average Bonchev–Trinajstić information content (AvgIpc) is 3.35. The smallest absolute Gasteiger partial charge is 0.326 e. The number of nitrogens with one attached hydrogen (secondary N) is 2. The van der Waals surface area contributed by atoms with Crippen molar-refractivity contribution in [2.75, 3.05) is 6.54 Å². The second-order valence-electron chi connectivity index (χ2n) is 9.13. The van der Waals surface area contributed by atoms with Gasteiger partial charge in [0, 0.05) is 11.6 Å². The van der Waals surface area contributed by atoms with Crippen LogP contribution in [-0.2, 0) is 32.3 Å². The minimum absolute atomic E-state index is 0.0652. The Kier molecular flexibility index (Phi) is 13.5. The minimum atomic E-state index is -1.56. The Morgan fingerprint density at radius 2 is 1.90 bits per heavy atom. The number of hydrogen-bond donors (Lipinski definition) is 6. The zero-order valence-corrected chi connectivity index (χ0v) is 22.4. The number of carboxylic acids is 1. The molecule has 0 fully saturated rings. The first-order chi connectivity index (χ1) is 19.1. The first-order valence-electron chi connectivity index (χ1n) is 12.8. The molecule has 1 heterocycles. The number of benzene rings is 1. The fraction of sp³-hybridized carbons (Fsp3) is 0.462. The monoisotopic (exact) mass is 559 g/mol. The second kappa shape index (κ2) is 16.8. The summed E-state index contributed by atoms with van der Waals surface area (Å²) in [6.45, 7) is 2.09. The summed E-state index contributed by atoms with van der Waals surface area (Å²) < 4.78 is 10.7. The molecule has 2 aromatic rings. The lowest BCUT2D eigenvalue weighted by atomic mass is 10.0. The first-order valence-corrected chi connectivity index (χ1v) is 12.8. The molecule has 9 N–H and O–H groups in total. The number of amides is 3. The molecule has 40 heavy (non-hydrogen) atoms. The van der Waals surface area contributed by atoms with E-state index in [4.69, 9.17) is 26.6 Å². The summed E-state index contributed by atoms with van der Waals surface area (Å²) in [5.41, 5.74) is 12.8. The van der Waals surface area contributed by atoms with Gasteiger partial charge in [-0.3, -0.25) is 9.80 Å². The summed E-state index contributed by atoms with van der Waals surface area (Å²) >= 11 is 0. The number of unbranched alkanes of at least 4 members (excludes halogenated alkanes) is 1. The lowest BCUT2D eigenvalue weighted by Gasteiger charge is -2.25. The Balaban J connectivity index is 2.12. The van der Waals surface area contributed by atoms with Crippen LogP contribution in [0.25, 0.3) is 0 Å². The highest BCUT2D eigenvalue weighted by Crippen LogP contribution is 2.14. The molecule has 14 nitrogen and oxygen atoms in total. The molecule has 3 unspecified atom stereocenters. The van der Waals surface area contributed by atoms with Gasteiger partial charge in [0.05, 0.1) is 18.8 Å². The highest BCUT2D eigenvalue weighted by atomic mass is 16.5. The van der Waals surface area contributed by atoms with Gasteiger partial charge in [0.2, 0.25) is 0 Å². The summed E-state index contributed by atoms with van der Waals surface area (Å²) in [5.74, 6) is 5.80. The van der Waals surface area contributed by atoms with Crippen LogP contribution in [0.4, 0.5) is 4.79 Å². The highest BCUT2D eigenvalue weighted by molar-refractivity contribution is 5.92. The van der Waals surface area contributed by atoms with E-state index in [0.29, 0.717) is 25.1 Å². The third kappa shape index (κ3) is 11.0. The van der Waals surface area contributed by atoms with Crippen molar-refractivity contribution >= 4 is 23.8 Å². The molecule has 0 radical (unpaired) electrons. The van der Waals surface area contributed by atoms with Crippen LogP contribution < -0.4 is 27.9 Å². The third-order valence-corrected chi connectivity index (χ3v) is 5.84. The number of urea groups is 1. The van der Waals surface area contributed by atoms with Crippen LogP contribution in [0.3, 0.4) is 0 Å². The van der Waals surface area contributed by atoms with E-state index >= 15 is 0 Å². The maximum atomic E-state index is 13.3. The van der Waals surface area contributed by atoms with E-state index in [-0.39, 0.29) is 43.7 Å². The normalized spacial score (nSPS) is 13.0. The standard InChI is InChI=1S/C26H37N7O7/c1-17-13-20(40-32-17)14-33(29)24(35)23(31-26(38)30-21(25(36)37)9-5-6-12-27)19(15-34)10-11-22(28)39-16-18-7-3-2-4-8-18/h2-4,7-8,13,21-23H,5-6,9-12,14,16,27-29H2,1H3,(H,36,37)(H2,30,31,38). The van der Waals surface area contributed by atoms with Gasteiger partial charge in [-0.05, 0) is 51.1 Å². The summed E-state index contributed by atoms with van der Waals surface area (Å²) in [6.07, 6.45) is 0.415. The number of aliphatic carboxylic acids is 1. The van der Waals surface area contributed by atoms with Crippen molar-refractivity contribution in [2.45, 2.75) is 70.5 Å². The number of nitrogens with two attached hydrogens (primary N) is 3. The van der Waals surface area contributed by atoms with Gasteiger partial charge in [0.15, 0.2) is 5.76 Å².